The van der Waals surface area contributed by atoms with E-state index in [-0.39, 0.29) is 10.6 Å². The van der Waals surface area contributed by atoms with E-state index >= 15 is 0 Å². The highest BCUT2D eigenvalue weighted by molar-refractivity contribution is 6.30. The highest BCUT2D eigenvalue weighted by atomic mass is 35.5. The predicted octanol–water partition coefficient (Wildman–Crippen LogP) is 2.47. The molecule has 0 amide bonds. The summed E-state index contributed by atoms with van der Waals surface area (Å²) in [6.07, 6.45) is 1.07. The standard InChI is InChI=1S/C10H5ClFNO2/c11-8-2-1-6(4-9(8)12)3-7(5-13)10(14)15/h1-4H,(H,14,15). The molecule has 0 aliphatic heterocycles. The highest BCUT2D eigenvalue weighted by Gasteiger charge is 2.06. The molecule has 1 aromatic rings. The van der Waals surface area contributed by atoms with Gasteiger partial charge in [-0.1, -0.05) is 17.7 Å². The molecule has 1 rings (SSSR count). The lowest BCUT2D eigenvalue weighted by Crippen LogP contribution is -1.97. The summed E-state index contributed by atoms with van der Waals surface area (Å²) in [6, 6.07) is 5.26. The van der Waals surface area contributed by atoms with E-state index in [0.29, 0.717) is 0 Å². The van der Waals surface area contributed by atoms with Crippen molar-refractivity contribution in [3.05, 3.63) is 40.2 Å². The van der Waals surface area contributed by atoms with Crippen LogP contribution in [0.4, 0.5) is 4.39 Å². The van der Waals surface area contributed by atoms with Crippen LogP contribution >= 0.6 is 11.6 Å². The van der Waals surface area contributed by atoms with E-state index in [2.05, 4.69) is 0 Å². The second-order valence-electron chi connectivity index (χ2n) is 2.65. The molecule has 1 N–H and O–H groups in total. The van der Waals surface area contributed by atoms with Crippen LogP contribution in [0, 0.1) is 17.1 Å². The van der Waals surface area contributed by atoms with Gasteiger partial charge in [-0.05, 0) is 23.8 Å². The average molecular weight is 226 g/mol. The first-order chi connectivity index (χ1) is 7.04. The lowest BCUT2D eigenvalue weighted by Gasteiger charge is -1.96. The van der Waals surface area contributed by atoms with Gasteiger partial charge in [0.1, 0.15) is 17.5 Å². The molecular formula is C10H5ClFNO2. The molecule has 15 heavy (non-hydrogen) atoms. The first-order valence-corrected chi connectivity index (χ1v) is 4.22. The number of hydrogen-bond acceptors (Lipinski definition) is 2. The van der Waals surface area contributed by atoms with E-state index < -0.39 is 17.4 Å². The number of hydrogen-bond donors (Lipinski definition) is 1. The lowest BCUT2D eigenvalue weighted by molar-refractivity contribution is -0.132. The first-order valence-electron chi connectivity index (χ1n) is 3.84. The van der Waals surface area contributed by atoms with Gasteiger partial charge in [0.25, 0.3) is 0 Å². The van der Waals surface area contributed by atoms with Crippen molar-refractivity contribution in [1.29, 1.82) is 5.26 Å². The average Bonchev–Trinajstić information content (AvgIpc) is 2.19. The molecule has 0 saturated carbocycles. The smallest absolute Gasteiger partial charge is 0.346 e. The lowest BCUT2D eigenvalue weighted by atomic mass is 10.1. The van der Waals surface area contributed by atoms with Gasteiger partial charge in [0.05, 0.1) is 5.02 Å². The Morgan fingerprint density at radius 2 is 2.27 bits per heavy atom. The number of carboxylic acid groups (broad SMARTS) is 1. The van der Waals surface area contributed by atoms with E-state index in [1.54, 1.807) is 0 Å². The fraction of sp³-hybridized carbons (Fsp3) is 0. The van der Waals surface area contributed by atoms with Crippen molar-refractivity contribution >= 4 is 23.6 Å². The van der Waals surface area contributed by atoms with Crippen molar-refractivity contribution in [2.24, 2.45) is 0 Å². The number of benzene rings is 1. The molecule has 0 radical (unpaired) electrons. The van der Waals surface area contributed by atoms with Crippen LogP contribution in [0.15, 0.2) is 23.8 Å². The van der Waals surface area contributed by atoms with Crippen molar-refractivity contribution in [3.63, 3.8) is 0 Å². The fourth-order valence-electron chi connectivity index (χ4n) is 0.911. The van der Waals surface area contributed by atoms with Crippen LogP contribution in [0.25, 0.3) is 6.08 Å². The van der Waals surface area contributed by atoms with Crippen molar-refractivity contribution in [3.8, 4) is 6.07 Å². The second kappa shape index (κ2) is 4.58. The number of rotatable bonds is 2. The minimum Gasteiger partial charge on any atom is -0.477 e. The van der Waals surface area contributed by atoms with Gasteiger partial charge < -0.3 is 5.11 Å². The quantitative estimate of drug-likeness (QED) is 0.621. The molecule has 0 bridgehead atoms. The summed E-state index contributed by atoms with van der Waals surface area (Å²) in [5.41, 5.74) is -0.187. The SMILES string of the molecule is N#CC(=Cc1ccc(Cl)c(F)c1)C(=O)O. The van der Waals surface area contributed by atoms with Gasteiger partial charge in [-0.15, -0.1) is 0 Å². The Balaban J connectivity index is 3.14. The number of carboxylic acids is 1. The normalized spacial score (nSPS) is 10.9. The minimum absolute atomic E-state index is 0.0546. The summed E-state index contributed by atoms with van der Waals surface area (Å²) in [5.74, 6) is -2.01. The third-order valence-electron chi connectivity index (χ3n) is 1.61. The van der Waals surface area contributed by atoms with E-state index in [9.17, 15) is 9.18 Å². The zero-order chi connectivity index (χ0) is 11.4. The first kappa shape index (κ1) is 11.2. The molecule has 0 unspecified atom stereocenters. The van der Waals surface area contributed by atoms with Crippen LogP contribution in [-0.4, -0.2) is 11.1 Å². The van der Waals surface area contributed by atoms with Gasteiger partial charge in [-0.2, -0.15) is 5.26 Å². The molecular weight excluding hydrogens is 221 g/mol. The Labute approximate surface area is 90.0 Å². The Morgan fingerprint density at radius 1 is 1.60 bits per heavy atom. The zero-order valence-corrected chi connectivity index (χ0v) is 8.12. The van der Waals surface area contributed by atoms with E-state index in [0.717, 1.165) is 12.1 Å². The molecule has 0 fully saturated rings. The molecule has 0 atom stereocenters. The van der Waals surface area contributed by atoms with Crippen molar-refractivity contribution < 1.29 is 14.3 Å². The largest absolute Gasteiger partial charge is 0.477 e. The van der Waals surface area contributed by atoms with Gasteiger partial charge >= 0.3 is 5.97 Å². The molecule has 0 spiro atoms. The summed E-state index contributed by atoms with van der Waals surface area (Å²) >= 11 is 5.44. The Hall–Kier alpha value is -1.86. The maximum absolute atomic E-state index is 12.9. The van der Waals surface area contributed by atoms with Gasteiger partial charge in [0.15, 0.2) is 0 Å². The van der Waals surface area contributed by atoms with Crippen LogP contribution in [0.1, 0.15) is 5.56 Å². The molecule has 3 nitrogen and oxygen atoms in total. The van der Waals surface area contributed by atoms with Gasteiger partial charge in [-0.25, -0.2) is 9.18 Å². The number of carbonyl (C=O) groups is 1. The summed E-state index contributed by atoms with van der Waals surface area (Å²) < 4.78 is 12.9. The number of nitrogens with zero attached hydrogens (tertiary/aromatic N) is 1. The topological polar surface area (TPSA) is 61.1 Å². The summed E-state index contributed by atoms with van der Waals surface area (Å²) in [5, 5.41) is 17.0. The molecule has 0 saturated heterocycles. The Morgan fingerprint density at radius 3 is 2.73 bits per heavy atom. The number of nitriles is 1. The third-order valence-corrected chi connectivity index (χ3v) is 1.91. The van der Waals surface area contributed by atoms with Gasteiger partial charge in [0.2, 0.25) is 0 Å². The number of halogens is 2. The molecule has 0 heterocycles. The van der Waals surface area contributed by atoms with Crippen molar-refractivity contribution in [2.75, 3.05) is 0 Å². The Bertz CT molecular complexity index is 477. The molecule has 76 valence electrons. The summed E-state index contributed by atoms with van der Waals surface area (Å²) in [7, 11) is 0. The molecule has 0 aliphatic rings. The van der Waals surface area contributed by atoms with Crippen molar-refractivity contribution in [1.82, 2.24) is 0 Å². The Kier molecular flexibility index (Phi) is 3.42. The van der Waals surface area contributed by atoms with E-state index in [1.807, 2.05) is 0 Å². The fourth-order valence-corrected chi connectivity index (χ4v) is 1.03. The van der Waals surface area contributed by atoms with Crippen LogP contribution in [0.5, 0.6) is 0 Å². The third kappa shape index (κ3) is 2.79. The van der Waals surface area contributed by atoms with Crippen molar-refractivity contribution in [2.45, 2.75) is 0 Å². The maximum Gasteiger partial charge on any atom is 0.346 e. The summed E-state index contributed by atoms with van der Waals surface area (Å²) in [4.78, 5) is 10.5. The molecule has 0 aliphatic carbocycles. The zero-order valence-electron chi connectivity index (χ0n) is 7.37. The maximum atomic E-state index is 12.9. The monoisotopic (exact) mass is 225 g/mol. The van der Waals surface area contributed by atoms with Gasteiger partial charge in [0, 0.05) is 0 Å². The minimum atomic E-state index is -1.35. The summed E-state index contributed by atoms with van der Waals surface area (Å²) in [6.45, 7) is 0. The van der Waals surface area contributed by atoms with E-state index in [4.69, 9.17) is 22.0 Å². The van der Waals surface area contributed by atoms with E-state index in [1.165, 1.54) is 18.2 Å². The molecule has 1 aromatic carbocycles. The van der Waals surface area contributed by atoms with Crippen LogP contribution in [-0.2, 0) is 4.79 Å². The predicted molar refractivity (Wildman–Crippen MR) is 52.6 cm³/mol. The highest BCUT2D eigenvalue weighted by Crippen LogP contribution is 2.17. The van der Waals surface area contributed by atoms with Crippen LogP contribution in [0.3, 0.4) is 0 Å². The molecule has 0 aromatic heterocycles. The van der Waals surface area contributed by atoms with Gasteiger partial charge in [-0.3, -0.25) is 0 Å². The van der Waals surface area contributed by atoms with Crippen LogP contribution < -0.4 is 0 Å². The molecule has 5 heteroatoms. The number of aliphatic carboxylic acids is 1. The second-order valence-corrected chi connectivity index (χ2v) is 3.06. The van der Waals surface area contributed by atoms with Crippen LogP contribution in [0.2, 0.25) is 5.02 Å².